The molecule has 0 aromatic carbocycles. The van der Waals surface area contributed by atoms with Gasteiger partial charge in [-0.15, -0.1) is 4.88 Å². The molecule has 0 saturated carbocycles. The Hall–Kier alpha value is -0.370. The van der Waals surface area contributed by atoms with Crippen LogP contribution in [0.4, 0.5) is 0 Å². The molecule has 0 aliphatic carbocycles. The summed E-state index contributed by atoms with van der Waals surface area (Å²) in [5, 5.41) is 2.79. The van der Waals surface area contributed by atoms with Crippen LogP contribution in [0.1, 0.15) is 0 Å². The topological polar surface area (TPSA) is 67.8 Å². The maximum atomic E-state index is 9.89. The Bertz CT molecular complexity index is 78.9. The Morgan fingerprint density at radius 3 is 2.33 bits per heavy atom. The van der Waals surface area contributed by atoms with Crippen molar-refractivity contribution in [1.29, 1.82) is 0 Å². The quantitative estimate of drug-likeness (QED) is 0.228. The van der Waals surface area contributed by atoms with Crippen LogP contribution in [0.5, 0.6) is 0 Å². The van der Waals surface area contributed by atoms with Gasteiger partial charge >= 0.3 is 0 Å². The fourth-order valence-corrected chi connectivity index (χ4v) is 0.244. The van der Waals surface area contributed by atoms with E-state index in [0.717, 1.165) is 0 Å². The molecule has 0 aromatic rings. The summed E-state index contributed by atoms with van der Waals surface area (Å²) in [6.07, 6.45) is 0. The van der Waals surface area contributed by atoms with Gasteiger partial charge in [-0.05, 0) is 0 Å². The van der Waals surface area contributed by atoms with Crippen LogP contribution in [-0.4, -0.2) is 6.66 Å². The van der Waals surface area contributed by atoms with Gasteiger partial charge in [0, 0.05) is 6.66 Å². The van der Waals surface area contributed by atoms with Crippen LogP contribution in [0, 0.1) is 0 Å². The highest BCUT2D eigenvalue weighted by atomic mass is 31.1. The van der Waals surface area contributed by atoms with E-state index in [4.69, 9.17) is 0 Å². The van der Waals surface area contributed by atoms with Crippen molar-refractivity contribution >= 4 is 7.95 Å². The molecule has 0 aromatic heterocycles. The average Bonchev–Trinajstić information content (AvgIpc) is 1.35. The fraction of sp³-hybridized carbons (Fsp3) is 1.00. The number of rotatable bonds is 1. The second-order valence-electron chi connectivity index (χ2n) is 0.734. The Kier molecular flexibility index (Phi) is 2.67. The minimum absolute atomic E-state index is 1.46. The highest BCUT2D eigenvalue weighted by Gasteiger charge is 1.72. The lowest BCUT2D eigenvalue weighted by molar-refractivity contribution is 0.590. The molecule has 4 nitrogen and oxygen atoms in total. The Balaban J connectivity index is 3.30. The normalized spacial score (nSPS) is 15.5. The summed E-state index contributed by atoms with van der Waals surface area (Å²) < 4.78 is 9.89. The second kappa shape index (κ2) is 2.85. The first-order chi connectivity index (χ1) is 2.77. The van der Waals surface area contributed by atoms with Gasteiger partial charge in [0.15, 0.2) is 7.95 Å². The maximum absolute atomic E-state index is 9.89. The van der Waals surface area contributed by atoms with Crippen molar-refractivity contribution < 1.29 is 4.57 Å². The van der Waals surface area contributed by atoms with E-state index < -0.39 is 7.95 Å². The molecule has 36 valence electrons. The third kappa shape index (κ3) is 3.63. The van der Waals surface area contributed by atoms with Gasteiger partial charge in [-0.25, -0.2) is 0 Å². The molecule has 0 bridgehead atoms. The second-order valence-corrected chi connectivity index (χ2v) is 1.97. The first-order valence-corrected chi connectivity index (χ1v) is 3.24. The van der Waals surface area contributed by atoms with Crippen molar-refractivity contribution in [3.63, 3.8) is 0 Å². The van der Waals surface area contributed by atoms with Crippen molar-refractivity contribution in [3.05, 3.63) is 0 Å². The van der Waals surface area contributed by atoms with Crippen molar-refractivity contribution in [1.82, 2.24) is 0 Å². The molecule has 0 amide bonds. The summed E-state index contributed by atoms with van der Waals surface area (Å²) in [6, 6.07) is 0. The zero-order valence-electron chi connectivity index (χ0n) is 3.38. The van der Waals surface area contributed by atoms with E-state index in [9.17, 15) is 4.57 Å². The van der Waals surface area contributed by atoms with Gasteiger partial charge in [0.2, 0.25) is 0 Å². The van der Waals surface area contributed by atoms with E-state index >= 15 is 0 Å². The monoisotopic (exact) mass is 107 g/mol. The third-order valence-corrected chi connectivity index (χ3v) is 0.596. The average molecular weight is 107 g/mol. The molecule has 0 spiro atoms. The van der Waals surface area contributed by atoms with E-state index in [2.05, 4.69) is 16.0 Å². The van der Waals surface area contributed by atoms with Gasteiger partial charge in [0.25, 0.3) is 0 Å². The molecule has 0 fully saturated rings. The van der Waals surface area contributed by atoms with E-state index in [1.54, 1.807) is 0 Å². The summed E-state index contributed by atoms with van der Waals surface area (Å²) in [7, 11) is -1.80. The molecule has 1 atom stereocenters. The lowest BCUT2D eigenvalue weighted by atomic mass is 12.0. The first-order valence-electron chi connectivity index (χ1n) is 1.39. The summed E-state index contributed by atoms with van der Waals surface area (Å²) in [6.45, 7) is 1.46. The number of nitrogens with zero attached hydrogens (tertiary/aromatic N) is 2. The highest BCUT2D eigenvalue weighted by Crippen LogP contribution is 2.13. The molecule has 5 heteroatoms. The Morgan fingerprint density at radius 2 is 2.33 bits per heavy atom. The van der Waals surface area contributed by atoms with Gasteiger partial charge in [0.05, 0.1) is 0 Å². The van der Waals surface area contributed by atoms with Gasteiger partial charge in [-0.2, -0.15) is 0 Å². The van der Waals surface area contributed by atoms with Crippen molar-refractivity contribution in [3.8, 4) is 0 Å². The van der Waals surface area contributed by atoms with E-state index in [1.807, 2.05) is 0 Å². The SMILES string of the molecule is C[PH](=O)N=NN. The summed E-state index contributed by atoms with van der Waals surface area (Å²) in [5.41, 5.74) is 0. The molecular weight excluding hydrogens is 101 g/mol. The fourth-order valence-electron chi connectivity index (χ4n) is 0.0813. The largest absolute Gasteiger partial charge is 0.305 e. The third-order valence-electron chi connectivity index (χ3n) is 0.199. The number of nitrogens with two attached hydrogens (primary N) is 1. The van der Waals surface area contributed by atoms with Crippen molar-refractivity contribution in [2.24, 2.45) is 16.0 Å². The lowest BCUT2D eigenvalue weighted by Crippen LogP contribution is -1.70. The van der Waals surface area contributed by atoms with Crippen molar-refractivity contribution in [2.75, 3.05) is 6.66 Å². The first kappa shape index (κ1) is 5.63. The van der Waals surface area contributed by atoms with Crippen LogP contribution in [0.15, 0.2) is 10.1 Å². The van der Waals surface area contributed by atoms with Gasteiger partial charge in [0.1, 0.15) is 0 Å². The minimum atomic E-state index is -1.80. The van der Waals surface area contributed by atoms with Crippen LogP contribution >= 0.6 is 7.95 Å². The summed E-state index contributed by atoms with van der Waals surface area (Å²) in [4.78, 5) is 3.07. The van der Waals surface area contributed by atoms with E-state index in [0.29, 0.717) is 0 Å². The zero-order chi connectivity index (χ0) is 4.99. The van der Waals surface area contributed by atoms with Gasteiger partial charge in [-0.3, -0.25) is 0 Å². The number of hydrogen-bond acceptors (Lipinski definition) is 2. The molecule has 0 rings (SSSR count). The predicted molar refractivity (Wildman–Crippen MR) is 24.0 cm³/mol. The summed E-state index contributed by atoms with van der Waals surface area (Å²) in [5.74, 6) is 4.51. The minimum Gasteiger partial charge on any atom is -0.305 e. The van der Waals surface area contributed by atoms with Gasteiger partial charge in [-0.1, -0.05) is 5.22 Å². The van der Waals surface area contributed by atoms with Crippen molar-refractivity contribution in [2.45, 2.75) is 0 Å². The molecule has 6 heavy (non-hydrogen) atoms. The smallest absolute Gasteiger partial charge is 0.198 e. The molecule has 0 radical (unpaired) electrons. The Labute approximate surface area is 36.3 Å². The predicted octanol–water partition coefficient (Wildman–Crippen LogP) is 0.417. The van der Waals surface area contributed by atoms with Crippen LogP contribution in [-0.2, 0) is 4.57 Å². The van der Waals surface area contributed by atoms with Gasteiger partial charge < -0.3 is 10.4 Å². The van der Waals surface area contributed by atoms with E-state index in [1.165, 1.54) is 6.66 Å². The highest BCUT2D eigenvalue weighted by molar-refractivity contribution is 7.41. The van der Waals surface area contributed by atoms with Crippen LogP contribution in [0.3, 0.4) is 0 Å². The Morgan fingerprint density at radius 1 is 1.83 bits per heavy atom. The zero-order valence-corrected chi connectivity index (χ0v) is 4.38. The number of hydrogen-bond donors (Lipinski definition) is 1. The molecule has 0 aliphatic heterocycles. The van der Waals surface area contributed by atoms with Crippen LogP contribution < -0.4 is 5.84 Å². The maximum Gasteiger partial charge on any atom is 0.198 e. The molecule has 1 unspecified atom stereocenters. The molecular formula is CH6N3OP. The molecule has 2 N–H and O–H groups in total. The van der Waals surface area contributed by atoms with E-state index in [-0.39, 0.29) is 0 Å². The van der Waals surface area contributed by atoms with Crippen LogP contribution in [0.2, 0.25) is 0 Å². The molecule has 0 heterocycles. The molecule has 0 saturated heterocycles. The standard InChI is InChI=1S/CH6N3OP/c1-6(5)4-3-2/h6H,1H3,(H2,2,4,5). The summed E-state index contributed by atoms with van der Waals surface area (Å²) >= 11 is 0. The molecule has 0 aliphatic rings. The van der Waals surface area contributed by atoms with Crippen LogP contribution in [0.25, 0.3) is 0 Å². The lowest BCUT2D eigenvalue weighted by Gasteiger charge is -1.70.